The Morgan fingerprint density at radius 2 is 1.89 bits per heavy atom. The summed E-state index contributed by atoms with van der Waals surface area (Å²) < 4.78 is 2.20. The predicted octanol–water partition coefficient (Wildman–Crippen LogP) is 3.26. The average Bonchev–Trinajstić information content (AvgIpc) is 2.59. The van der Waals surface area contributed by atoms with Crippen molar-refractivity contribution in [2.24, 2.45) is 5.92 Å². The van der Waals surface area contributed by atoms with E-state index in [4.69, 9.17) is 0 Å². The van der Waals surface area contributed by atoms with Crippen LogP contribution in [0.5, 0.6) is 0 Å². The highest BCUT2D eigenvalue weighted by atomic mass is 15.3. The number of aryl methyl sites for hydroxylation is 1. The van der Waals surface area contributed by atoms with Gasteiger partial charge in [-0.1, -0.05) is 20.8 Å². The van der Waals surface area contributed by atoms with Crippen molar-refractivity contribution in [1.29, 1.82) is 0 Å². The average molecular weight is 251 g/mol. The number of hydrogen-bond donors (Lipinski definition) is 1. The molecule has 0 saturated carbocycles. The maximum atomic E-state index is 4.68. The number of hydrogen-bond acceptors (Lipinski definition) is 2. The molecular weight excluding hydrogens is 222 g/mol. The van der Waals surface area contributed by atoms with Crippen molar-refractivity contribution in [1.82, 2.24) is 15.1 Å². The van der Waals surface area contributed by atoms with E-state index in [2.05, 4.69) is 56.6 Å². The van der Waals surface area contributed by atoms with Gasteiger partial charge in [-0.3, -0.25) is 4.68 Å². The Morgan fingerprint density at radius 3 is 2.39 bits per heavy atom. The minimum absolute atomic E-state index is 0.476. The second-order valence-corrected chi connectivity index (χ2v) is 5.68. The first-order chi connectivity index (χ1) is 8.47. The third-order valence-electron chi connectivity index (χ3n) is 3.54. The fourth-order valence-corrected chi connectivity index (χ4v) is 2.46. The molecule has 0 saturated heterocycles. The standard InChI is InChI=1S/C15H29N3/c1-7-15-13(5)17-18(14(15)6)12(4)8-9-16-10-11(2)3/h11-12,16H,7-10H2,1-6H3. The van der Waals surface area contributed by atoms with Crippen LogP contribution in [0.1, 0.15) is 57.1 Å². The van der Waals surface area contributed by atoms with Gasteiger partial charge < -0.3 is 5.32 Å². The number of nitrogens with one attached hydrogen (secondary N) is 1. The largest absolute Gasteiger partial charge is 0.316 e. The summed E-state index contributed by atoms with van der Waals surface area (Å²) in [6.45, 7) is 15.4. The van der Waals surface area contributed by atoms with Gasteiger partial charge in [-0.2, -0.15) is 5.10 Å². The number of rotatable bonds is 7. The van der Waals surface area contributed by atoms with Crippen molar-refractivity contribution in [3.63, 3.8) is 0 Å². The van der Waals surface area contributed by atoms with Crippen molar-refractivity contribution in [2.75, 3.05) is 13.1 Å². The van der Waals surface area contributed by atoms with E-state index in [9.17, 15) is 0 Å². The lowest BCUT2D eigenvalue weighted by Crippen LogP contribution is -2.23. The molecular formula is C15H29N3. The smallest absolute Gasteiger partial charge is 0.0628 e. The Hall–Kier alpha value is -0.830. The van der Waals surface area contributed by atoms with Gasteiger partial charge in [0.1, 0.15) is 0 Å². The normalized spacial score (nSPS) is 13.3. The van der Waals surface area contributed by atoms with Crippen LogP contribution in [-0.4, -0.2) is 22.9 Å². The highest BCUT2D eigenvalue weighted by Gasteiger charge is 2.14. The van der Waals surface area contributed by atoms with Crippen LogP contribution in [0.2, 0.25) is 0 Å². The summed E-state index contributed by atoms with van der Waals surface area (Å²) in [5.74, 6) is 0.723. The minimum atomic E-state index is 0.476. The SMILES string of the molecule is CCc1c(C)nn(C(C)CCNCC(C)C)c1C. The van der Waals surface area contributed by atoms with E-state index in [0.29, 0.717) is 6.04 Å². The van der Waals surface area contributed by atoms with Crippen LogP contribution in [0.3, 0.4) is 0 Å². The van der Waals surface area contributed by atoms with E-state index < -0.39 is 0 Å². The van der Waals surface area contributed by atoms with Gasteiger partial charge in [0, 0.05) is 5.69 Å². The lowest BCUT2D eigenvalue weighted by Gasteiger charge is -2.15. The van der Waals surface area contributed by atoms with E-state index in [-0.39, 0.29) is 0 Å². The quantitative estimate of drug-likeness (QED) is 0.754. The molecule has 3 heteroatoms. The molecule has 0 radical (unpaired) electrons. The summed E-state index contributed by atoms with van der Waals surface area (Å²) in [7, 11) is 0. The second-order valence-electron chi connectivity index (χ2n) is 5.68. The molecule has 1 aromatic rings. The van der Waals surface area contributed by atoms with Crippen LogP contribution < -0.4 is 5.32 Å². The van der Waals surface area contributed by atoms with Gasteiger partial charge in [-0.05, 0) is 58.2 Å². The molecule has 1 atom stereocenters. The Kier molecular flexibility index (Phi) is 5.86. The van der Waals surface area contributed by atoms with Gasteiger partial charge >= 0.3 is 0 Å². The maximum Gasteiger partial charge on any atom is 0.0628 e. The molecule has 0 fully saturated rings. The molecule has 0 bridgehead atoms. The molecule has 1 N–H and O–H groups in total. The van der Waals surface area contributed by atoms with E-state index in [1.54, 1.807) is 0 Å². The van der Waals surface area contributed by atoms with Gasteiger partial charge in [0.25, 0.3) is 0 Å². The van der Waals surface area contributed by atoms with Crippen LogP contribution in [0.4, 0.5) is 0 Å². The Bertz CT molecular complexity index is 366. The molecule has 1 heterocycles. The van der Waals surface area contributed by atoms with Crippen molar-refractivity contribution in [3.8, 4) is 0 Å². The Labute approximate surface area is 112 Å². The van der Waals surface area contributed by atoms with Gasteiger partial charge in [-0.15, -0.1) is 0 Å². The van der Waals surface area contributed by atoms with E-state index >= 15 is 0 Å². The molecule has 0 aliphatic heterocycles. The topological polar surface area (TPSA) is 29.9 Å². The van der Waals surface area contributed by atoms with Gasteiger partial charge in [0.2, 0.25) is 0 Å². The molecule has 18 heavy (non-hydrogen) atoms. The van der Waals surface area contributed by atoms with E-state index in [0.717, 1.165) is 31.8 Å². The molecule has 1 unspecified atom stereocenters. The summed E-state index contributed by atoms with van der Waals surface area (Å²) in [5, 5.41) is 8.18. The highest BCUT2D eigenvalue weighted by Crippen LogP contribution is 2.19. The zero-order valence-electron chi connectivity index (χ0n) is 12.9. The molecule has 1 aromatic heterocycles. The Morgan fingerprint density at radius 1 is 1.22 bits per heavy atom. The lowest BCUT2D eigenvalue weighted by molar-refractivity contribution is 0.425. The van der Waals surface area contributed by atoms with Crippen molar-refractivity contribution in [2.45, 2.75) is 60.4 Å². The summed E-state index contributed by atoms with van der Waals surface area (Å²) in [6, 6.07) is 0.476. The van der Waals surface area contributed by atoms with E-state index in [1.165, 1.54) is 17.0 Å². The zero-order valence-corrected chi connectivity index (χ0v) is 12.9. The summed E-state index contributed by atoms with van der Waals surface area (Å²) >= 11 is 0. The van der Waals surface area contributed by atoms with Gasteiger partial charge in [0.05, 0.1) is 11.7 Å². The highest BCUT2D eigenvalue weighted by molar-refractivity contribution is 5.24. The molecule has 0 aliphatic rings. The van der Waals surface area contributed by atoms with Gasteiger partial charge in [-0.25, -0.2) is 0 Å². The van der Waals surface area contributed by atoms with Crippen molar-refractivity contribution < 1.29 is 0 Å². The molecule has 104 valence electrons. The maximum absolute atomic E-state index is 4.68. The number of nitrogens with zero attached hydrogens (tertiary/aromatic N) is 2. The van der Waals surface area contributed by atoms with Crippen molar-refractivity contribution >= 4 is 0 Å². The first-order valence-electron chi connectivity index (χ1n) is 7.22. The molecule has 0 aromatic carbocycles. The van der Waals surface area contributed by atoms with Crippen LogP contribution in [-0.2, 0) is 6.42 Å². The molecule has 1 rings (SSSR count). The predicted molar refractivity (Wildman–Crippen MR) is 78.1 cm³/mol. The lowest BCUT2D eigenvalue weighted by atomic mass is 10.1. The first kappa shape index (κ1) is 15.2. The fraction of sp³-hybridized carbons (Fsp3) is 0.800. The molecule has 0 aliphatic carbocycles. The summed E-state index contributed by atoms with van der Waals surface area (Å²) in [5.41, 5.74) is 3.94. The molecule has 3 nitrogen and oxygen atoms in total. The third-order valence-corrected chi connectivity index (χ3v) is 3.54. The second kappa shape index (κ2) is 6.93. The molecule has 0 amide bonds. The Balaban J connectivity index is 2.54. The minimum Gasteiger partial charge on any atom is -0.316 e. The van der Waals surface area contributed by atoms with E-state index in [1.807, 2.05) is 0 Å². The van der Waals surface area contributed by atoms with Crippen molar-refractivity contribution in [3.05, 3.63) is 17.0 Å². The number of aromatic nitrogens is 2. The van der Waals surface area contributed by atoms with Crippen LogP contribution in [0, 0.1) is 19.8 Å². The van der Waals surface area contributed by atoms with Crippen LogP contribution in [0.15, 0.2) is 0 Å². The fourth-order valence-electron chi connectivity index (χ4n) is 2.46. The van der Waals surface area contributed by atoms with Crippen LogP contribution >= 0.6 is 0 Å². The zero-order chi connectivity index (χ0) is 13.7. The first-order valence-corrected chi connectivity index (χ1v) is 7.22. The molecule has 0 spiro atoms. The van der Waals surface area contributed by atoms with Crippen LogP contribution in [0.25, 0.3) is 0 Å². The van der Waals surface area contributed by atoms with Gasteiger partial charge in [0.15, 0.2) is 0 Å². The summed E-state index contributed by atoms with van der Waals surface area (Å²) in [6.07, 6.45) is 2.22. The third kappa shape index (κ3) is 3.84. The monoisotopic (exact) mass is 251 g/mol. The summed E-state index contributed by atoms with van der Waals surface area (Å²) in [4.78, 5) is 0.